The van der Waals surface area contributed by atoms with Gasteiger partial charge in [0.1, 0.15) is 5.76 Å². The highest BCUT2D eigenvalue weighted by Crippen LogP contribution is 2.50. The van der Waals surface area contributed by atoms with E-state index in [-0.39, 0.29) is 36.6 Å². The number of carbonyl (C=O) groups excluding carboxylic acids is 4. The Morgan fingerprint density at radius 1 is 1.16 bits per heavy atom. The van der Waals surface area contributed by atoms with Crippen molar-refractivity contribution in [2.45, 2.75) is 65.0 Å². The van der Waals surface area contributed by atoms with Gasteiger partial charge in [0.25, 0.3) is 0 Å². The van der Waals surface area contributed by atoms with Crippen molar-refractivity contribution < 1.29 is 23.6 Å². The summed E-state index contributed by atoms with van der Waals surface area (Å²) in [5, 5.41) is 3.94. The molecule has 1 fully saturated rings. The molecule has 43 heavy (non-hydrogen) atoms. The number of aryl methyl sites for hydroxylation is 1. The van der Waals surface area contributed by atoms with Crippen LogP contribution in [0.2, 0.25) is 0 Å². The Balaban J connectivity index is 1.47. The number of H-pyrrole nitrogens is 1. The molecule has 0 saturated carbocycles. The van der Waals surface area contributed by atoms with Crippen LogP contribution in [0.1, 0.15) is 62.6 Å². The van der Waals surface area contributed by atoms with E-state index >= 15 is 0 Å². The largest absolute Gasteiger partial charge is 0.467 e. The van der Waals surface area contributed by atoms with Crippen LogP contribution in [0, 0.1) is 11.8 Å². The minimum absolute atomic E-state index is 0.000358. The third-order valence-electron chi connectivity index (χ3n) is 9.41. The van der Waals surface area contributed by atoms with Gasteiger partial charge in [0, 0.05) is 69.1 Å². The molecule has 10 heteroatoms. The molecule has 0 unspecified atom stereocenters. The van der Waals surface area contributed by atoms with Crippen LogP contribution in [0.3, 0.4) is 0 Å². The number of hydrogen-bond acceptors (Lipinski definition) is 5. The highest BCUT2D eigenvalue weighted by molar-refractivity contribution is 5.93. The first-order chi connectivity index (χ1) is 20.6. The second-order valence-electron chi connectivity index (χ2n) is 12.1. The Labute approximate surface area is 252 Å². The summed E-state index contributed by atoms with van der Waals surface area (Å²) in [6.07, 6.45) is 3.57. The van der Waals surface area contributed by atoms with Gasteiger partial charge < -0.3 is 29.4 Å². The van der Waals surface area contributed by atoms with Crippen LogP contribution in [0.5, 0.6) is 0 Å². The number of piperidine rings is 1. The number of fused-ring (bicyclic) bond motifs is 5. The molecule has 1 aromatic carbocycles. The van der Waals surface area contributed by atoms with E-state index < -0.39 is 17.4 Å². The number of carbonyl (C=O) groups is 4. The number of benzene rings is 1. The third kappa shape index (κ3) is 5.67. The van der Waals surface area contributed by atoms with Crippen LogP contribution in [-0.2, 0) is 44.1 Å². The summed E-state index contributed by atoms with van der Waals surface area (Å²) >= 11 is 0. The predicted molar refractivity (Wildman–Crippen MR) is 163 cm³/mol. The molecular formula is C33H43N5O5. The minimum Gasteiger partial charge on any atom is -0.467 e. The number of nitrogens with zero attached hydrogens (tertiary/aromatic N) is 3. The van der Waals surface area contributed by atoms with E-state index in [0.717, 1.165) is 27.7 Å². The van der Waals surface area contributed by atoms with Crippen LogP contribution in [0.4, 0.5) is 0 Å². The first-order valence-corrected chi connectivity index (χ1v) is 15.3. The lowest BCUT2D eigenvalue weighted by molar-refractivity contribution is -0.164. The standard InChI is InChI=1S/C33H43N5O5/c1-6-37(7-2)32(42)26-18-22(19-28(39)34-20-23-9-8-16-43-23)31(41)38-15-14-25-24-12-10-21(11-13-29(40)36(4)5)17-27(24)35-30(25)33(26,38)3/h8-10,12,16-17,22,26,35H,6-7,11,13-15,18-20H2,1-5H3,(H,34,39)/t22-,26-,33+/m1/s1. The van der Waals surface area contributed by atoms with E-state index in [1.807, 2.05) is 30.6 Å². The third-order valence-corrected chi connectivity index (χ3v) is 9.41. The second-order valence-corrected chi connectivity index (χ2v) is 12.1. The van der Waals surface area contributed by atoms with E-state index in [2.05, 4.69) is 28.5 Å². The molecule has 1 saturated heterocycles. The maximum absolute atomic E-state index is 14.1. The van der Waals surface area contributed by atoms with Gasteiger partial charge in [-0.25, -0.2) is 0 Å². The smallest absolute Gasteiger partial charge is 0.228 e. The summed E-state index contributed by atoms with van der Waals surface area (Å²) in [4.78, 5) is 62.2. The van der Waals surface area contributed by atoms with Gasteiger partial charge in [-0.3, -0.25) is 19.2 Å². The zero-order valence-corrected chi connectivity index (χ0v) is 25.9. The molecule has 2 aliphatic heterocycles. The first-order valence-electron chi connectivity index (χ1n) is 15.3. The van der Waals surface area contributed by atoms with Crippen LogP contribution in [-0.4, -0.2) is 77.0 Å². The average molecular weight is 590 g/mol. The molecule has 10 nitrogen and oxygen atoms in total. The van der Waals surface area contributed by atoms with Gasteiger partial charge in [-0.05, 0) is 69.4 Å². The van der Waals surface area contributed by atoms with Crippen molar-refractivity contribution in [2.75, 3.05) is 33.7 Å². The summed E-state index contributed by atoms with van der Waals surface area (Å²) in [7, 11) is 3.52. The van der Waals surface area contributed by atoms with Crippen molar-refractivity contribution in [3.8, 4) is 0 Å². The molecule has 230 valence electrons. The van der Waals surface area contributed by atoms with E-state index in [1.165, 1.54) is 0 Å². The van der Waals surface area contributed by atoms with Crippen molar-refractivity contribution in [2.24, 2.45) is 11.8 Å². The highest BCUT2D eigenvalue weighted by atomic mass is 16.3. The van der Waals surface area contributed by atoms with E-state index in [1.54, 1.807) is 37.4 Å². The Bertz CT molecular complexity index is 1510. The number of hydrogen-bond donors (Lipinski definition) is 2. The van der Waals surface area contributed by atoms with Gasteiger partial charge in [0.2, 0.25) is 23.6 Å². The molecule has 3 atom stereocenters. The van der Waals surface area contributed by atoms with Crippen LogP contribution < -0.4 is 5.32 Å². The second kappa shape index (κ2) is 12.3. The molecule has 2 aliphatic rings. The normalized spacial score (nSPS) is 21.3. The number of aromatic amines is 1. The summed E-state index contributed by atoms with van der Waals surface area (Å²) in [6.45, 7) is 7.80. The van der Waals surface area contributed by atoms with Crippen molar-refractivity contribution in [1.29, 1.82) is 0 Å². The fourth-order valence-electron chi connectivity index (χ4n) is 6.91. The van der Waals surface area contributed by atoms with Gasteiger partial charge in [-0.1, -0.05) is 12.1 Å². The molecule has 4 amide bonds. The lowest BCUT2D eigenvalue weighted by Gasteiger charge is -2.54. The number of amides is 4. The lowest BCUT2D eigenvalue weighted by Crippen LogP contribution is -2.64. The number of nitrogens with one attached hydrogen (secondary N) is 2. The number of rotatable bonds is 10. The Kier molecular flexibility index (Phi) is 8.66. The van der Waals surface area contributed by atoms with Gasteiger partial charge in [-0.2, -0.15) is 0 Å². The minimum atomic E-state index is -0.883. The number of aromatic nitrogens is 1. The van der Waals surface area contributed by atoms with Crippen LogP contribution >= 0.6 is 0 Å². The Morgan fingerprint density at radius 2 is 1.93 bits per heavy atom. The van der Waals surface area contributed by atoms with Gasteiger partial charge in [0.05, 0.1) is 24.3 Å². The average Bonchev–Trinajstić information content (AvgIpc) is 3.65. The Hall–Kier alpha value is -4.08. The molecule has 0 radical (unpaired) electrons. The van der Waals surface area contributed by atoms with E-state index in [4.69, 9.17) is 4.42 Å². The molecule has 3 aromatic rings. The van der Waals surface area contributed by atoms with Crippen LogP contribution in [0.25, 0.3) is 10.9 Å². The number of furan rings is 1. The predicted octanol–water partition coefficient (Wildman–Crippen LogP) is 3.59. The lowest BCUT2D eigenvalue weighted by atomic mass is 9.67. The van der Waals surface area contributed by atoms with Crippen molar-refractivity contribution in [3.05, 3.63) is 59.2 Å². The molecule has 2 aromatic heterocycles. The van der Waals surface area contributed by atoms with Crippen LogP contribution in [0.15, 0.2) is 41.0 Å². The maximum Gasteiger partial charge on any atom is 0.228 e. The highest BCUT2D eigenvalue weighted by Gasteiger charge is 2.57. The molecular weight excluding hydrogens is 546 g/mol. The quantitative estimate of drug-likeness (QED) is 0.375. The van der Waals surface area contributed by atoms with Gasteiger partial charge in [0.15, 0.2) is 0 Å². The van der Waals surface area contributed by atoms with Crippen molar-refractivity contribution in [1.82, 2.24) is 25.0 Å². The summed E-state index contributed by atoms with van der Waals surface area (Å²) in [5.41, 5.74) is 3.15. The maximum atomic E-state index is 14.1. The molecule has 0 spiro atoms. The molecule has 0 bridgehead atoms. The zero-order chi connectivity index (χ0) is 30.9. The first kappa shape index (κ1) is 30.4. The van der Waals surface area contributed by atoms with Crippen molar-refractivity contribution in [3.63, 3.8) is 0 Å². The SMILES string of the molecule is CCN(CC)C(=O)[C@H]1C[C@H](CC(=O)NCc2ccco2)C(=O)N2CCc3c([nH]c4cc(CCC(=O)N(C)C)ccc34)[C@]12C. The zero-order valence-electron chi connectivity index (χ0n) is 25.9. The molecule has 0 aliphatic carbocycles. The van der Waals surface area contributed by atoms with E-state index in [9.17, 15) is 19.2 Å². The summed E-state index contributed by atoms with van der Waals surface area (Å²) in [6, 6.07) is 9.79. The monoisotopic (exact) mass is 589 g/mol. The topological polar surface area (TPSA) is 119 Å². The van der Waals surface area contributed by atoms with E-state index in [0.29, 0.717) is 51.1 Å². The molecule has 5 rings (SSSR count). The fraction of sp³-hybridized carbons (Fsp3) is 0.515. The van der Waals surface area contributed by atoms with Gasteiger partial charge >= 0.3 is 0 Å². The Morgan fingerprint density at radius 3 is 2.60 bits per heavy atom. The fourth-order valence-corrected chi connectivity index (χ4v) is 6.91. The summed E-state index contributed by atoms with van der Waals surface area (Å²) in [5.74, 6) is -0.724. The summed E-state index contributed by atoms with van der Waals surface area (Å²) < 4.78 is 5.32. The molecule has 4 heterocycles. The van der Waals surface area contributed by atoms with Crippen molar-refractivity contribution >= 4 is 34.5 Å². The van der Waals surface area contributed by atoms with Gasteiger partial charge in [-0.15, -0.1) is 0 Å². The molecule has 2 N–H and O–H groups in total.